The second-order valence-electron chi connectivity index (χ2n) is 5.61. The lowest BCUT2D eigenvalue weighted by atomic mass is 10.1. The van der Waals surface area contributed by atoms with Crippen LogP contribution in [0.4, 0.5) is 11.4 Å². The average Bonchev–Trinajstić information content (AvgIpc) is 2.49. The second kappa shape index (κ2) is 6.94. The highest BCUT2D eigenvalue weighted by atomic mass is 32.2. The van der Waals surface area contributed by atoms with E-state index in [0.717, 1.165) is 5.56 Å². The first-order chi connectivity index (χ1) is 11.6. The number of sulfonamides is 1. The van der Waals surface area contributed by atoms with Crippen molar-refractivity contribution in [2.75, 3.05) is 10.0 Å². The number of carboxylic acid groups (broad SMARTS) is 1. The molecule has 0 aromatic heterocycles. The van der Waals surface area contributed by atoms with Crippen molar-refractivity contribution >= 4 is 33.3 Å². The minimum atomic E-state index is -3.96. The average molecular weight is 362 g/mol. The zero-order valence-corrected chi connectivity index (χ0v) is 14.8. The monoisotopic (exact) mass is 362 g/mol. The number of hydrogen-bond donors (Lipinski definition) is 3. The summed E-state index contributed by atoms with van der Waals surface area (Å²) in [5.41, 5.74) is 1.76. The second-order valence-corrected chi connectivity index (χ2v) is 7.26. The van der Waals surface area contributed by atoms with Gasteiger partial charge in [0.25, 0.3) is 10.0 Å². The minimum absolute atomic E-state index is 0.00239. The number of amides is 1. The van der Waals surface area contributed by atoms with E-state index in [0.29, 0.717) is 11.3 Å². The maximum absolute atomic E-state index is 12.7. The molecule has 0 fully saturated rings. The van der Waals surface area contributed by atoms with E-state index < -0.39 is 16.0 Å². The highest BCUT2D eigenvalue weighted by molar-refractivity contribution is 7.92. The molecule has 3 N–H and O–H groups in total. The van der Waals surface area contributed by atoms with E-state index in [1.165, 1.54) is 37.3 Å². The van der Waals surface area contributed by atoms with E-state index in [1.807, 2.05) is 0 Å². The van der Waals surface area contributed by atoms with Gasteiger partial charge < -0.3 is 10.4 Å². The van der Waals surface area contributed by atoms with Gasteiger partial charge in [-0.2, -0.15) is 0 Å². The number of carboxylic acids is 1. The number of carbonyl (C=O) groups is 2. The van der Waals surface area contributed by atoms with Crippen molar-refractivity contribution in [1.82, 2.24) is 0 Å². The third-order valence-corrected chi connectivity index (χ3v) is 5.01. The molecule has 0 unspecified atom stereocenters. The van der Waals surface area contributed by atoms with Crippen molar-refractivity contribution in [2.24, 2.45) is 0 Å². The molecule has 0 spiro atoms. The fraction of sp³-hybridized carbons (Fsp3) is 0.176. The molecule has 0 bridgehead atoms. The molecule has 2 aromatic rings. The summed E-state index contributed by atoms with van der Waals surface area (Å²) in [5.74, 6) is -1.46. The van der Waals surface area contributed by atoms with Crippen LogP contribution < -0.4 is 10.0 Å². The molecule has 0 aliphatic rings. The Labute approximate surface area is 145 Å². The van der Waals surface area contributed by atoms with Crippen LogP contribution >= 0.6 is 0 Å². The minimum Gasteiger partial charge on any atom is -0.478 e. The van der Waals surface area contributed by atoms with E-state index in [-0.39, 0.29) is 22.1 Å². The number of benzene rings is 2. The first-order valence-corrected chi connectivity index (χ1v) is 8.83. The van der Waals surface area contributed by atoms with Crippen LogP contribution in [0.2, 0.25) is 0 Å². The molecule has 0 aliphatic heterocycles. The Bertz CT molecular complexity index is 952. The van der Waals surface area contributed by atoms with Crippen molar-refractivity contribution in [3.63, 3.8) is 0 Å². The Morgan fingerprint density at radius 1 is 1.04 bits per heavy atom. The lowest BCUT2D eigenvalue weighted by Gasteiger charge is -2.14. The summed E-state index contributed by atoms with van der Waals surface area (Å²) in [5, 5.41) is 11.6. The van der Waals surface area contributed by atoms with E-state index in [4.69, 9.17) is 5.11 Å². The van der Waals surface area contributed by atoms with Crippen LogP contribution in [-0.2, 0) is 14.8 Å². The fourth-order valence-electron chi connectivity index (χ4n) is 2.37. The quantitative estimate of drug-likeness (QED) is 0.757. The maximum atomic E-state index is 12.7. The zero-order chi connectivity index (χ0) is 18.8. The van der Waals surface area contributed by atoms with Crippen LogP contribution in [0.5, 0.6) is 0 Å². The van der Waals surface area contributed by atoms with Gasteiger partial charge in [-0.05, 0) is 49.2 Å². The number of nitrogens with one attached hydrogen (secondary N) is 2. The first kappa shape index (κ1) is 18.5. The molecule has 0 heterocycles. The molecular weight excluding hydrogens is 344 g/mol. The van der Waals surface area contributed by atoms with E-state index >= 15 is 0 Å². The van der Waals surface area contributed by atoms with Crippen LogP contribution in [0.25, 0.3) is 0 Å². The summed E-state index contributed by atoms with van der Waals surface area (Å²) in [7, 11) is -3.96. The Morgan fingerprint density at radius 2 is 1.72 bits per heavy atom. The SMILES string of the molecule is CC(=O)Nc1cc(S(=O)(=O)Nc2cccc(C(=O)O)c2)c(C)cc1C. The first-order valence-electron chi connectivity index (χ1n) is 7.35. The van der Waals surface area contributed by atoms with Crippen molar-refractivity contribution in [3.05, 3.63) is 53.1 Å². The number of rotatable bonds is 5. The molecule has 1 amide bonds. The predicted molar refractivity (Wildman–Crippen MR) is 94.4 cm³/mol. The highest BCUT2D eigenvalue weighted by Crippen LogP contribution is 2.26. The Kier molecular flexibility index (Phi) is 5.13. The normalized spacial score (nSPS) is 11.0. The van der Waals surface area contributed by atoms with Crippen LogP contribution in [-0.4, -0.2) is 25.4 Å². The summed E-state index contributed by atoms with van der Waals surface area (Å²) in [6.45, 7) is 4.74. The van der Waals surface area contributed by atoms with E-state index in [2.05, 4.69) is 10.0 Å². The van der Waals surface area contributed by atoms with Crippen molar-refractivity contribution in [1.29, 1.82) is 0 Å². The molecule has 0 aliphatic carbocycles. The largest absolute Gasteiger partial charge is 0.478 e. The molecule has 2 rings (SSSR count). The van der Waals surface area contributed by atoms with E-state index in [1.54, 1.807) is 19.9 Å². The molecule has 0 saturated carbocycles. The van der Waals surface area contributed by atoms with Crippen LogP contribution in [0, 0.1) is 13.8 Å². The van der Waals surface area contributed by atoms with Crippen molar-refractivity contribution in [3.8, 4) is 0 Å². The summed E-state index contributed by atoms with van der Waals surface area (Å²) in [6.07, 6.45) is 0. The van der Waals surface area contributed by atoms with Crippen molar-refractivity contribution in [2.45, 2.75) is 25.7 Å². The predicted octanol–water partition coefficient (Wildman–Crippen LogP) is 2.76. The number of aryl methyl sites for hydroxylation is 2. The van der Waals surface area contributed by atoms with Gasteiger partial charge in [0.1, 0.15) is 0 Å². The lowest BCUT2D eigenvalue weighted by Crippen LogP contribution is -2.16. The molecular formula is C17H18N2O5S. The Morgan fingerprint density at radius 3 is 2.32 bits per heavy atom. The number of hydrogen-bond acceptors (Lipinski definition) is 4. The van der Waals surface area contributed by atoms with Gasteiger partial charge in [0.15, 0.2) is 0 Å². The summed E-state index contributed by atoms with van der Waals surface area (Å²) >= 11 is 0. The number of carbonyl (C=O) groups excluding carboxylic acids is 1. The Balaban J connectivity index is 2.44. The standard InChI is InChI=1S/C17H18N2O5S/c1-10-7-11(2)16(9-15(10)18-12(3)20)25(23,24)19-14-6-4-5-13(8-14)17(21)22/h4-9,19H,1-3H3,(H,18,20)(H,21,22). The lowest BCUT2D eigenvalue weighted by molar-refractivity contribution is -0.114. The molecule has 2 aromatic carbocycles. The smallest absolute Gasteiger partial charge is 0.335 e. The molecule has 132 valence electrons. The van der Waals surface area contributed by atoms with Gasteiger partial charge in [0, 0.05) is 18.3 Å². The Hall–Kier alpha value is -2.87. The number of anilines is 2. The molecule has 8 heteroatoms. The molecule has 25 heavy (non-hydrogen) atoms. The molecule has 0 atom stereocenters. The third kappa shape index (κ3) is 4.36. The van der Waals surface area contributed by atoms with Gasteiger partial charge in [-0.25, -0.2) is 13.2 Å². The van der Waals surface area contributed by atoms with Gasteiger partial charge in [0.2, 0.25) is 5.91 Å². The van der Waals surface area contributed by atoms with Crippen LogP contribution in [0.3, 0.4) is 0 Å². The third-order valence-electron chi connectivity index (χ3n) is 3.48. The zero-order valence-electron chi connectivity index (χ0n) is 14.0. The van der Waals surface area contributed by atoms with Crippen LogP contribution in [0.1, 0.15) is 28.4 Å². The van der Waals surface area contributed by atoms with Gasteiger partial charge in [-0.3, -0.25) is 9.52 Å². The fourth-order valence-corrected chi connectivity index (χ4v) is 3.68. The topological polar surface area (TPSA) is 113 Å². The van der Waals surface area contributed by atoms with Crippen LogP contribution in [0.15, 0.2) is 41.3 Å². The van der Waals surface area contributed by atoms with Gasteiger partial charge in [0.05, 0.1) is 10.5 Å². The summed E-state index contributed by atoms with van der Waals surface area (Å²) in [6, 6.07) is 8.56. The summed E-state index contributed by atoms with van der Waals surface area (Å²) < 4.78 is 27.7. The van der Waals surface area contributed by atoms with Gasteiger partial charge in [-0.15, -0.1) is 0 Å². The molecule has 0 saturated heterocycles. The van der Waals surface area contributed by atoms with E-state index in [9.17, 15) is 18.0 Å². The summed E-state index contributed by atoms with van der Waals surface area (Å²) in [4.78, 5) is 22.3. The highest BCUT2D eigenvalue weighted by Gasteiger charge is 2.19. The van der Waals surface area contributed by atoms with Gasteiger partial charge >= 0.3 is 5.97 Å². The van der Waals surface area contributed by atoms with Gasteiger partial charge in [-0.1, -0.05) is 12.1 Å². The number of aromatic carboxylic acids is 1. The van der Waals surface area contributed by atoms with Crippen molar-refractivity contribution < 1.29 is 23.1 Å². The molecule has 0 radical (unpaired) electrons. The molecule has 7 nitrogen and oxygen atoms in total. The maximum Gasteiger partial charge on any atom is 0.335 e.